The van der Waals surface area contributed by atoms with Gasteiger partial charge in [-0.15, -0.1) is 0 Å². The second-order valence-electron chi connectivity index (χ2n) is 8.20. The van der Waals surface area contributed by atoms with Gasteiger partial charge in [0.1, 0.15) is 18.5 Å². The fourth-order valence-electron chi connectivity index (χ4n) is 4.20. The van der Waals surface area contributed by atoms with E-state index in [0.29, 0.717) is 13.2 Å². The first-order valence-corrected chi connectivity index (χ1v) is 10.5. The normalized spacial score (nSPS) is 18.6. The average molecular weight is 366 g/mol. The number of hydrogen-bond acceptors (Lipinski definition) is 3. The number of aryl methyl sites for hydroxylation is 1. The van der Waals surface area contributed by atoms with Gasteiger partial charge < -0.3 is 9.84 Å². The molecule has 2 aliphatic rings. The second-order valence-corrected chi connectivity index (χ2v) is 8.20. The first-order valence-electron chi connectivity index (χ1n) is 10.5. The van der Waals surface area contributed by atoms with Crippen molar-refractivity contribution >= 4 is 0 Å². The van der Waals surface area contributed by atoms with Gasteiger partial charge in [0, 0.05) is 19.6 Å². The Morgan fingerprint density at radius 3 is 2.74 bits per heavy atom. The standard InChI is InChI=1S/C24H31NO2/c26-23(17-25-14-13-21-8-1-2-9-22(21)16-25)18-27-24-10-4-7-20(15-24)12-11-19-5-3-6-19/h1-2,4,7-10,15,19,23,26H,3,5-6,11-14,16-18H2. The van der Waals surface area contributed by atoms with E-state index < -0.39 is 6.10 Å². The molecule has 1 heterocycles. The van der Waals surface area contributed by atoms with Crippen molar-refractivity contribution in [3.05, 3.63) is 65.2 Å². The highest BCUT2D eigenvalue weighted by atomic mass is 16.5. The van der Waals surface area contributed by atoms with Crippen LogP contribution in [0.4, 0.5) is 0 Å². The minimum absolute atomic E-state index is 0.351. The van der Waals surface area contributed by atoms with Crippen molar-refractivity contribution in [2.75, 3.05) is 19.7 Å². The van der Waals surface area contributed by atoms with Crippen LogP contribution in [0.1, 0.15) is 42.4 Å². The minimum atomic E-state index is -0.464. The van der Waals surface area contributed by atoms with Crippen LogP contribution in [0.3, 0.4) is 0 Å². The minimum Gasteiger partial charge on any atom is -0.491 e. The van der Waals surface area contributed by atoms with Gasteiger partial charge in [-0.2, -0.15) is 0 Å². The van der Waals surface area contributed by atoms with E-state index in [1.54, 1.807) is 0 Å². The Balaban J connectivity index is 1.22. The molecule has 1 unspecified atom stereocenters. The summed E-state index contributed by atoms with van der Waals surface area (Å²) in [5, 5.41) is 10.4. The molecule has 3 nitrogen and oxygen atoms in total. The van der Waals surface area contributed by atoms with Gasteiger partial charge in [-0.05, 0) is 54.0 Å². The molecule has 1 aliphatic carbocycles. The molecule has 1 fully saturated rings. The number of rotatable bonds is 8. The van der Waals surface area contributed by atoms with Crippen LogP contribution >= 0.6 is 0 Å². The van der Waals surface area contributed by atoms with Crippen LogP contribution in [0.5, 0.6) is 5.75 Å². The monoisotopic (exact) mass is 365 g/mol. The first-order chi connectivity index (χ1) is 13.3. The van der Waals surface area contributed by atoms with E-state index in [9.17, 15) is 5.11 Å². The Morgan fingerprint density at radius 2 is 1.93 bits per heavy atom. The van der Waals surface area contributed by atoms with Crippen molar-refractivity contribution in [2.24, 2.45) is 5.92 Å². The summed E-state index contributed by atoms with van der Waals surface area (Å²) in [7, 11) is 0. The molecule has 0 amide bonds. The van der Waals surface area contributed by atoms with E-state index in [4.69, 9.17) is 4.74 Å². The maximum Gasteiger partial charge on any atom is 0.119 e. The quantitative estimate of drug-likeness (QED) is 0.760. The number of nitrogens with zero attached hydrogens (tertiary/aromatic N) is 1. The molecule has 0 aromatic heterocycles. The molecule has 1 saturated carbocycles. The highest BCUT2D eigenvalue weighted by molar-refractivity contribution is 5.29. The summed E-state index contributed by atoms with van der Waals surface area (Å²) in [6.45, 7) is 2.94. The van der Waals surface area contributed by atoms with E-state index in [1.807, 2.05) is 6.07 Å². The Bertz CT molecular complexity index is 741. The van der Waals surface area contributed by atoms with E-state index in [0.717, 1.165) is 37.6 Å². The molecule has 144 valence electrons. The number of ether oxygens (including phenoxy) is 1. The largest absolute Gasteiger partial charge is 0.491 e. The van der Waals surface area contributed by atoms with Crippen molar-refractivity contribution in [3.8, 4) is 5.75 Å². The van der Waals surface area contributed by atoms with Crippen LogP contribution in [0, 0.1) is 5.92 Å². The van der Waals surface area contributed by atoms with Gasteiger partial charge in [0.05, 0.1) is 0 Å². The summed E-state index contributed by atoms with van der Waals surface area (Å²) in [6, 6.07) is 17.0. The van der Waals surface area contributed by atoms with Gasteiger partial charge in [-0.25, -0.2) is 0 Å². The molecule has 2 aromatic carbocycles. The van der Waals surface area contributed by atoms with E-state index >= 15 is 0 Å². The lowest BCUT2D eigenvalue weighted by atomic mass is 9.81. The second kappa shape index (κ2) is 8.90. The summed E-state index contributed by atoms with van der Waals surface area (Å²) in [6.07, 6.45) is 7.25. The van der Waals surface area contributed by atoms with E-state index in [2.05, 4.69) is 47.4 Å². The fourth-order valence-corrected chi connectivity index (χ4v) is 4.20. The fraction of sp³-hybridized carbons (Fsp3) is 0.500. The molecule has 0 saturated heterocycles. The van der Waals surface area contributed by atoms with E-state index in [-0.39, 0.29) is 0 Å². The van der Waals surface area contributed by atoms with Crippen LogP contribution in [0.25, 0.3) is 0 Å². The Labute approximate surface area is 163 Å². The number of benzene rings is 2. The third-order valence-electron chi connectivity index (χ3n) is 6.09. The third-order valence-corrected chi connectivity index (χ3v) is 6.09. The maximum absolute atomic E-state index is 10.4. The Hall–Kier alpha value is -1.84. The van der Waals surface area contributed by atoms with Crippen molar-refractivity contribution < 1.29 is 9.84 Å². The zero-order chi connectivity index (χ0) is 18.5. The maximum atomic E-state index is 10.4. The Kier molecular flexibility index (Phi) is 6.10. The molecule has 4 rings (SSSR count). The van der Waals surface area contributed by atoms with Crippen molar-refractivity contribution in [3.63, 3.8) is 0 Å². The average Bonchev–Trinajstić information content (AvgIpc) is 2.65. The van der Waals surface area contributed by atoms with Gasteiger partial charge >= 0.3 is 0 Å². The van der Waals surface area contributed by atoms with Crippen molar-refractivity contribution in [1.29, 1.82) is 0 Å². The summed E-state index contributed by atoms with van der Waals surface area (Å²) in [5.74, 6) is 1.82. The van der Waals surface area contributed by atoms with Crippen LogP contribution in [0.15, 0.2) is 48.5 Å². The lowest BCUT2D eigenvalue weighted by molar-refractivity contribution is 0.0637. The van der Waals surface area contributed by atoms with Gasteiger partial charge in [0.25, 0.3) is 0 Å². The summed E-state index contributed by atoms with van der Waals surface area (Å²) in [5.41, 5.74) is 4.18. The number of hydrogen-bond donors (Lipinski definition) is 1. The highest BCUT2D eigenvalue weighted by Crippen LogP contribution is 2.30. The van der Waals surface area contributed by atoms with Gasteiger partial charge in [-0.1, -0.05) is 55.7 Å². The van der Waals surface area contributed by atoms with Crippen LogP contribution in [-0.4, -0.2) is 35.8 Å². The van der Waals surface area contributed by atoms with Crippen molar-refractivity contribution in [2.45, 2.75) is 51.2 Å². The van der Waals surface area contributed by atoms with Crippen LogP contribution < -0.4 is 4.74 Å². The number of β-amino-alcohol motifs (C(OH)–C–C–N with tert-alkyl or cyclic N) is 1. The molecule has 1 N–H and O–H groups in total. The molecule has 0 radical (unpaired) electrons. The smallest absolute Gasteiger partial charge is 0.119 e. The summed E-state index contributed by atoms with van der Waals surface area (Å²) in [4.78, 5) is 2.32. The molecule has 3 heteroatoms. The van der Waals surface area contributed by atoms with E-state index in [1.165, 1.54) is 42.4 Å². The molecule has 1 atom stereocenters. The number of aliphatic hydroxyl groups excluding tert-OH is 1. The molecule has 27 heavy (non-hydrogen) atoms. The van der Waals surface area contributed by atoms with Gasteiger partial charge in [0.15, 0.2) is 0 Å². The predicted octanol–water partition coefficient (Wildman–Crippen LogP) is 4.22. The highest BCUT2D eigenvalue weighted by Gasteiger charge is 2.19. The molecular formula is C24H31NO2. The first kappa shape index (κ1) is 18.5. The SMILES string of the molecule is OC(COc1cccc(CCC2CCC2)c1)CN1CCc2ccccc2C1. The number of aliphatic hydroxyl groups is 1. The lowest BCUT2D eigenvalue weighted by Crippen LogP contribution is -2.38. The zero-order valence-electron chi connectivity index (χ0n) is 16.1. The molecule has 0 spiro atoms. The Morgan fingerprint density at radius 1 is 1.07 bits per heavy atom. The zero-order valence-corrected chi connectivity index (χ0v) is 16.1. The molecule has 0 bridgehead atoms. The van der Waals surface area contributed by atoms with Crippen molar-refractivity contribution in [1.82, 2.24) is 4.90 Å². The third kappa shape index (κ3) is 5.12. The predicted molar refractivity (Wildman–Crippen MR) is 109 cm³/mol. The van der Waals surface area contributed by atoms with Crippen LogP contribution in [-0.2, 0) is 19.4 Å². The van der Waals surface area contributed by atoms with Gasteiger partial charge in [0.2, 0.25) is 0 Å². The molecule has 1 aliphatic heterocycles. The summed E-state index contributed by atoms with van der Waals surface area (Å²) >= 11 is 0. The molecule has 2 aromatic rings. The lowest BCUT2D eigenvalue weighted by Gasteiger charge is -2.30. The number of fused-ring (bicyclic) bond motifs is 1. The van der Waals surface area contributed by atoms with Gasteiger partial charge in [-0.3, -0.25) is 4.90 Å². The van der Waals surface area contributed by atoms with Crippen LogP contribution in [0.2, 0.25) is 0 Å². The topological polar surface area (TPSA) is 32.7 Å². The molecular weight excluding hydrogens is 334 g/mol. The summed E-state index contributed by atoms with van der Waals surface area (Å²) < 4.78 is 5.89.